The molecule has 2 atom stereocenters. The maximum absolute atomic E-state index is 12.7. The van der Waals surface area contributed by atoms with Crippen molar-refractivity contribution in [2.45, 2.75) is 45.2 Å². The van der Waals surface area contributed by atoms with Crippen molar-refractivity contribution in [3.63, 3.8) is 0 Å². The van der Waals surface area contributed by atoms with E-state index >= 15 is 0 Å². The molecule has 6 nitrogen and oxygen atoms in total. The molecule has 0 aliphatic carbocycles. The maximum Gasteiger partial charge on any atom is 0.325 e. The van der Waals surface area contributed by atoms with Gasteiger partial charge < -0.3 is 10.6 Å². The van der Waals surface area contributed by atoms with Gasteiger partial charge in [-0.25, -0.2) is 4.79 Å². The zero-order chi connectivity index (χ0) is 17.9. The van der Waals surface area contributed by atoms with Crippen molar-refractivity contribution in [2.24, 2.45) is 0 Å². The van der Waals surface area contributed by atoms with Crippen molar-refractivity contribution in [2.75, 3.05) is 6.54 Å². The fourth-order valence-corrected chi connectivity index (χ4v) is 3.18. The highest BCUT2D eigenvalue weighted by atomic mass is 35.5. The average Bonchev–Trinajstić information content (AvgIpc) is 2.72. The highest BCUT2D eigenvalue weighted by Gasteiger charge is 2.50. The number of halogens is 1. The molecule has 0 saturated carbocycles. The van der Waals surface area contributed by atoms with Crippen molar-refractivity contribution < 1.29 is 14.4 Å². The number of hydrogen-bond acceptors (Lipinski definition) is 3. The smallest absolute Gasteiger partial charge is 0.325 e. The van der Waals surface area contributed by atoms with Gasteiger partial charge in [-0.05, 0) is 26.3 Å². The van der Waals surface area contributed by atoms with Crippen LogP contribution in [-0.2, 0) is 15.1 Å². The third kappa shape index (κ3) is 3.53. The van der Waals surface area contributed by atoms with E-state index in [1.807, 2.05) is 13.8 Å². The molecule has 4 amide bonds. The molecule has 0 radical (unpaired) electrons. The molecular formula is C17H22ClN3O3. The van der Waals surface area contributed by atoms with Crippen LogP contribution in [0.2, 0.25) is 5.02 Å². The molecule has 0 spiro atoms. The number of carbonyl (C=O) groups is 3. The largest absolute Gasteiger partial charge is 0.352 e. The van der Waals surface area contributed by atoms with Gasteiger partial charge in [0.1, 0.15) is 12.1 Å². The van der Waals surface area contributed by atoms with E-state index in [0.29, 0.717) is 10.6 Å². The van der Waals surface area contributed by atoms with Crippen LogP contribution in [0.1, 0.15) is 39.2 Å². The summed E-state index contributed by atoms with van der Waals surface area (Å²) in [6.45, 7) is 5.20. The third-order valence-corrected chi connectivity index (χ3v) is 4.45. The minimum absolute atomic E-state index is 0.00165. The summed E-state index contributed by atoms with van der Waals surface area (Å²) in [5, 5.41) is 5.82. The summed E-state index contributed by atoms with van der Waals surface area (Å²) >= 11 is 6.16. The second kappa shape index (κ2) is 7.21. The lowest BCUT2D eigenvalue weighted by atomic mass is 9.92. The van der Waals surface area contributed by atoms with Gasteiger partial charge in [-0.2, -0.15) is 0 Å². The molecule has 130 valence electrons. The third-order valence-electron chi connectivity index (χ3n) is 4.12. The van der Waals surface area contributed by atoms with Crippen LogP contribution in [0.4, 0.5) is 4.79 Å². The van der Waals surface area contributed by atoms with E-state index in [2.05, 4.69) is 10.6 Å². The van der Waals surface area contributed by atoms with Crippen molar-refractivity contribution in [1.29, 1.82) is 0 Å². The fraction of sp³-hybridized carbons (Fsp3) is 0.471. The van der Waals surface area contributed by atoms with Crippen LogP contribution in [0.3, 0.4) is 0 Å². The van der Waals surface area contributed by atoms with Gasteiger partial charge in [-0.15, -0.1) is 0 Å². The lowest BCUT2D eigenvalue weighted by Crippen LogP contribution is -2.45. The van der Waals surface area contributed by atoms with Crippen molar-refractivity contribution in [3.05, 3.63) is 34.9 Å². The highest BCUT2D eigenvalue weighted by molar-refractivity contribution is 6.32. The minimum atomic E-state index is -1.27. The summed E-state index contributed by atoms with van der Waals surface area (Å²) in [7, 11) is 0. The monoisotopic (exact) mass is 351 g/mol. The van der Waals surface area contributed by atoms with Gasteiger partial charge >= 0.3 is 6.03 Å². The molecule has 2 rings (SSSR count). The summed E-state index contributed by atoms with van der Waals surface area (Å²) in [6.07, 6.45) is 1.78. The Morgan fingerprint density at radius 2 is 2.04 bits per heavy atom. The number of nitrogens with zero attached hydrogens (tertiary/aromatic N) is 1. The van der Waals surface area contributed by atoms with Crippen LogP contribution in [0.25, 0.3) is 0 Å². The molecule has 0 bridgehead atoms. The first-order valence-electron chi connectivity index (χ1n) is 7.98. The van der Waals surface area contributed by atoms with Gasteiger partial charge in [0.2, 0.25) is 5.91 Å². The molecule has 1 aromatic carbocycles. The second-order valence-electron chi connectivity index (χ2n) is 6.18. The highest BCUT2D eigenvalue weighted by Crippen LogP contribution is 2.33. The SMILES string of the molecule is CCC[C@H](C)NC(=O)CN1C(=O)N[C@](C)(c2ccccc2Cl)C1=O. The summed E-state index contributed by atoms with van der Waals surface area (Å²) in [4.78, 5) is 38.0. The fourth-order valence-electron chi connectivity index (χ4n) is 2.86. The Bertz CT molecular complexity index is 664. The molecule has 1 saturated heterocycles. The van der Waals surface area contributed by atoms with E-state index in [0.717, 1.165) is 17.7 Å². The molecule has 1 fully saturated rings. The summed E-state index contributed by atoms with van der Waals surface area (Å²) in [6, 6.07) is 6.24. The number of nitrogens with one attached hydrogen (secondary N) is 2. The normalized spacial score (nSPS) is 21.6. The van der Waals surface area contributed by atoms with Crippen LogP contribution in [0, 0.1) is 0 Å². The number of urea groups is 1. The summed E-state index contributed by atoms with van der Waals surface area (Å²) < 4.78 is 0. The molecule has 1 aliphatic heterocycles. The lowest BCUT2D eigenvalue weighted by molar-refractivity contribution is -0.135. The average molecular weight is 352 g/mol. The number of benzene rings is 1. The minimum Gasteiger partial charge on any atom is -0.352 e. The van der Waals surface area contributed by atoms with Gasteiger partial charge in [0.05, 0.1) is 0 Å². The predicted molar refractivity (Wildman–Crippen MR) is 91.6 cm³/mol. The Kier molecular flexibility index (Phi) is 5.49. The number of imide groups is 1. The first-order chi connectivity index (χ1) is 11.3. The summed E-state index contributed by atoms with van der Waals surface area (Å²) in [5.74, 6) is -0.846. The quantitative estimate of drug-likeness (QED) is 0.772. The van der Waals surface area contributed by atoms with Gasteiger partial charge in [-0.3, -0.25) is 14.5 Å². The Labute approximate surface area is 146 Å². The Morgan fingerprint density at radius 1 is 1.38 bits per heavy atom. The molecule has 0 aromatic heterocycles. The Balaban J connectivity index is 2.14. The van der Waals surface area contributed by atoms with E-state index in [9.17, 15) is 14.4 Å². The van der Waals surface area contributed by atoms with Gasteiger partial charge in [0, 0.05) is 16.6 Å². The number of carbonyl (C=O) groups excluding carboxylic acids is 3. The molecule has 1 heterocycles. The Hall–Kier alpha value is -2.08. The molecule has 7 heteroatoms. The van der Waals surface area contributed by atoms with Gasteiger partial charge in [0.15, 0.2) is 0 Å². The van der Waals surface area contributed by atoms with Crippen molar-refractivity contribution in [1.82, 2.24) is 15.5 Å². The topological polar surface area (TPSA) is 78.5 Å². The van der Waals surface area contributed by atoms with Crippen LogP contribution in [-0.4, -0.2) is 35.3 Å². The number of amides is 4. The zero-order valence-electron chi connectivity index (χ0n) is 14.1. The van der Waals surface area contributed by atoms with E-state index in [4.69, 9.17) is 11.6 Å². The zero-order valence-corrected chi connectivity index (χ0v) is 14.8. The van der Waals surface area contributed by atoms with Crippen LogP contribution in [0.15, 0.2) is 24.3 Å². The van der Waals surface area contributed by atoms with Gasteiger partial charge in [-0.1, -0.05) is 43.1 Å². The molecular weight excluding hydrogens is 330 g/mol. The second-order valence-corrected chi connectivity index (χ2v) is 6.59. The van der Waals surface area contributed by atoms with Crippen LogP contribution >= 0.6 is 11.6 Å². The first kappa shape index (κ1) is 18.3. The molecule has 0 unspecified atom stereocenters. The van der Waals surface area contributed by atoms with E-state index < -0.39 is 17.5 Å². The van der Waals surface area contributed by atoms with E-state index in [-0.39, 0.29) is 18.5 Å². The lowest BCUT2D eigenvalue weighted by Gasteiger charge is -2.23. The molecule has 24 heavy (non-hydrogen) atoms. The number of hydrogen-bond donors (Lipinski definition) is 2. The van der Waals surface area contributed by atoms with E-state index in [1.54, 1.807) is 31.2 Å². The predicted octanol–water partition coefficient (Wildman–Crippen LogP) is 2.41. The van der Waals surface area contributed by atoms with Crippen LogP contribution in [0.5, 0.6) is 0 Å². The summed E-state index contributed by atoms with van der Waals surface area (Å²) in [5.41, 5.74) is -0.766. The Morgan fingerprint density at radius 3 is 2.67 bits per heavy atom. The first-order valence-corrected chi connectivity index (χ1v) is 8.36. The molecule has 1 aromatic rings. The van der Waals surface area contributed by atoms with E-state index in [1.165, 1.54) is 0 Å². The maximum atomic E-state index is 12.7. The van der Waals surface area contributed by atoms with Gasteiger partial charge in [0.25, 0.3) is 5.91 Å². The van der Waals surface area contributed by atoms with Crippen LogP contribution < -0.4 is 10.6 Å². The molecule has 1 aliphatic rings. The molecule has 2 N–H and O–H groups in total. The van der Waals surface area contributed by atoms with Crippen molar-refractivity contribution >= 4 is 29.4 Å². The van der Waals surface area contributed by atoms with Crippen molar-refractivity contribution in [3.8, 4) is 0 Å². The number of rotatable bonds is 6. The standard InChI is InChI=1S/C17H22ClN3O3/c1-4-7-11(2)19-14(22)10-21-15(23)17(3,20-16(21)24)12-8-5-6-9-13(12)18/h5-6,8-9,11H,4,7,10H2,1-3H3,(H,19,22)(H,20,24)/t11-,17+/m0/s1.